The fourth-order valence-corrected chi connectivity index (χ4v) is 3.76. The van der Waals surface area contributed by atoms with E-state index in [0.29, 0.717) is 0 Å². The van der Waals surface area contributed by atoms with E-state index in [1.165, 1.54) is 0 Å². The standard InChI is InChI=1S/C11H7Br2ClS/c12-8-4-2-1-3-7(8)11(14)9-5-6-10(13)15-9/h1-6,11H. The molecule has 0 nitrogen and oxygen atoms in total. The van der Waals surface area contributed by atoms with Crippen LogP contribution in [0.3, 0.4) is 0 Å². The average molecular weight is 367 g/mol. The molecule has 0 aliphatic heterocycles. The average Bonchev–Trinajstić information content (AvgIpc) is 2.65. The molecule has 1 atom stereocenters. The van der Waals surface area contributed by atoms with Gasteiger partial charge in [-0.05, 0) is 39.7 Å². The fourth-order valence-electron chi connectivity index (χ4n) is 1.30. The minimum Gasteiger partial charge on any atom is -0.131 e. The lowest BCUT2D eigenvalue weighted by atomic mass is 10.1. The summed E-state index contributed by atoms with van der Waals surface area (Å²) in [6, 6.07) is 12.1. The first-order valence-corrected chi connectivity index (χ1v) is 7.16. The zero-order valence-corrected chi connectivity index (χ0v) is 12.3. The highest BCUT2D eigenvalue weighted by molar-refractivity contribution is 9.11. The molecule has 1 aromatic heterocycles. The lowest BCUT2D eigenvalue weighted by Crippen LogP contribution is -1.90. The van der Waals surface area contributed by atoms with E-state index in [9.17, 15) is 0 Å². The third-order valence-electron chi connectivity index (χ3n) is 2.02. The number of hydrogen-bond acceptors (Lipinski definition) is 1. The van der Waals surface area contributed by atoms with Crippen LogP contribution in [0.2, 0.25) is 0 Å². The van der Waals surface area contributed by atoms with E-state index >= 15 is 0 Å². The van der Waals surface area contributed by atoms with Crippen molar-refractivity contribution >= 4 is 54.8 Å². The Balaban J connectivity index is 2.36. The van der Waals surface area contributed by atoms with Gasteiger partial charge in [-0.25, -0.2) is 0 Å². The second-order valence-electron chi connectivity index (χ2n) is 3.03. The molecule has 0 saturated heterocycles. The molecule has 4 heteroatoms. The lowest BCUT2D eigenvalue weighted by Gasteiger charge is -2.09. The molecule has 0 radical (unpaired) electrons. The summed E-state index contributed by atoms with van der Waals surface area (Å²) >= 11 is 15.0. The van der Waals surface area contributed by atoms with Crippen molar-refractivity contribution in [1.82, 2.24) is 0 Å². The zero-order valence-electron chi connectivity index (χ0n) is 7.58. The monoisotopic (exact) mass is 364 g/mol. The smallest absolute Gasteiger partial charge is 0.0939 e. The Morgan fingerprint density at radius 1 is 1.07 bits per heavy atom. The van der Waals surface area contributed by atoms with Gasteiger partial charge >= 0.3 is 0 Å². The first kappa shape index (κ1) is 11.6. The Bertz CT molecular complexity index is 467. The summed E-state index contributed by atoms with van der Waals surface area (Å²) < 4.78 is 2.16. The molecule has 1 unspecified atom stereocenters. The van der Waals surface area contributed by atoms with E-state index < -0.39 is 0 Å². The molecule has 0 N–H and O–H groups in total. The number of hydrogen-bond donors (Lipinski definition) is 0. The van der Waals surface area contributed by atoms with Gasteiger partial charge in [0.15, 0.2) is 0 Å². The highest BCUT2D eigenvalue weighted by Gasteiger charge is 2.15. The van der Waals surface area contributed by atoms with E-state index in [4.69, 9.17) is 11.6 Å². The molecular weight excluding hydrogens is 359 g/mol. The maximum Gasteiger partial charge on any atom is 0.0939 e. The van der Waals surface area contributed by atoms with Crippen LogP contribution in [0.15, 0.2) is 44.7 Å². The van der Waals surface area contributed by atoms with Crippen LogP contribution in [-0.4, -0.2) is 0 Å². The highest BCUT2D eigenvalue weighted by atomic mass is 79.9. The Morgan fingerprint density at radius 2 is 1.80 bits per heavy atom. The Morgan fingerprint density at radius 3 is 2.40 bits per heavy atom. The van der Waals surface area contributed by atoms with Crippen LogP contribution in [0.5, 0.6) is 0 Å². The number of halogens is 3. The SMILES string of the molecule is ClC(c1ccc(Br)s1)c1ccccc1Br. The minimum absolute atomic E-state index is 0.0862. The molecule has 1 heterocycles. The molecule has 0 bridgehead atoms. The molecule has 15 heavy (non-hydrogen) atoms. The van der Waals surface area contributed by atoms with E-state index in [-0.39, 0.29) is 5.38 Å². The molecule has 0 amide bonds. The summed E-state index contributed by atoms with van der Waals surface area (Å²) in [5.41, 5.74) is 1.11. The van der Waals surface area contributed by atoms with Crippen molar-refractivity contribution in [2.75, 3.05) is 0 Å². The Kier molecular flexibility index (Phi) is 3.88. The van der Waals surface area contributed by atoms with Gasteiger partial charge in [0.2, 0.25) is 0 Å². The van der Waals surface area contributed by atoms with E-state index in [1.807, 2.05) is 36.4 Å². The molecule has 0 spiro atoms. The van der Waals surface area contributed by atoms with Gasteiger partial charge in [0.05, 0.1) is 9.16 Å². The van der Waals surface area contributed by atoms with Crippen LogP contribution in [-0.2, 0) is 0 Å². The first-order chi connectivity index (χ1) is 7.18. The largest absolute Gasteiger partial charge is 0.131 e. The predicted molar refractivity (Wildman–Crippen MR) is 73.9 cm³/mol. The molecule has 0 saturated carbocycles. The minimum atomic E-state index is -0.0862. The summed E-state index contributed by atoms with van der Waals surface area (Å²) in [4.78, 5) is 1.15. The number of alkyl halides is 1. The van der Waals surface area contributed by atoms with Gasteiger partial charge in [-0.1, -0.05) is 34.1 Å². The predicted octanol–water partition coefficient (Wildman–Crippen LogP) is 5.60. The van der Waals surface area contributed by atoms with Crippen LogP contribution in [0.4, 0.5) is 0 Å². The normalized spacial score (nSPS) is 12.7. The highest BCUT2D eigenvalue weighted by Crippen LogP contribution is 2.38. The maximum atomic E-state index is 6.41. The third-order valence-corrected chi connectivity index (χ3v) is 5.03. The van der Waals surface area contributed by atoms with Crippen molar-refractivity contribution in [2.24, 2.45) is 0 Å². The summed E-state index contributed by atoms with van der Waals surface area (Å²) in [5, 5.41) is -0.0862. The summed E-state index contributed by atoms with van der Waals surface area (Å²) in [5.74, 6) is 0. The van der Waals surface area contributed by atoms with Crippen LogP contribution < -0.4 is 0 Å². The Hall–Kier alpha value is 0.170. The van der Waals surface area contributed by atoms with Gasteiger partial charge in [0.1, 0.15) is 0 Å². The summed E-state index contributed by atoms with van der Waals surface area (Å²) in [6.07, 6.45) is 0. The van der Waals surface area contributed by atoms with E-state index in [2.05, 4.69) is 31.9 Å². The Labute approximate surface area is 115 Å². The van der Waals surface area contributed by atoms with E-state index in [0.717, 1.165) is 18.7 Å². The third kappa shape index (κ3) is 2.64. The fraction of sp³-hybridized carbons (Fsp3) is 0.0909. The van der Waals surface area contributed by atoms with Gasteiger partial charge in [-0.2, -0.15) is 0 Å². The summed E-state index contributed by atoms with van der Waals surface area (Å²) in [7, 11) is 0. The van der Waals surface area contributed by atoms with Crippen LogP contribution >= 0.6 is 54.8 Å². The van der Waals surface area contributed by atoms with Crippen molar-refractivity contribution in [3.63, 3.8) is 0 Å². The van der Waals surface area contributed by atoms with Gasteiger partial charge in [0.25, 0.3) is 0 Å². The van der Waals surface area contributed by atoms with Gasteiger partial charge in [-0.15, -0.1) is 22.9 Å². The van der Waals surface area contributed by atoms with Crippen LogP contribution in [0.25, 0.3) is 0 Å². The van der Waals surface area contributed by atoms with Crippen molar-refractivity contribution < 1.29 is 0 Å². The van der Waals surface area contributed by atoms with Gasteiger partial charge < -0.3 is 0 Å². The second kappa shape index (κ2) is 5.00. The van der Waals surface area contributed by atoms with Crippen LogP contribution in [0, 0.1) is 0 Å². The van der Waals surface area contributed by atoms with E-state index in [1.54, 1.807) is 11.3 Å². The van der Waals surface area contributed by atoms with Crippen molar-refractivity contribution in [2.45, 2.75) is 5.38 Å². The van der Waals surface area contributed by atoms with Crippen LogP contribution in [0.1, 0.15) is 15.8 Å². The number of benzene rings is 1. The molecule has 2 aromatic rings. The zero-order chi connectivity index (χ0) is 10.8. The lowest BCUT2D eigenvalue weighted by molar-refractivity contribution is 1.17. The molecule has 0 aliphatic carbocycles. The van der Waals surface area contributed by atoms with Crippen molar-refractivity contribution in [1.29, 1.82) is 0 Å². The number of rotatable bonds is 2. The topological polar surface area (TPSA) is 0 Å². The summed E-state index contributed by atoms with van der Waals surface area (Å²) in [6.45, 7) is 0. The molecule has 0 fully saturated rings. The van der Waals surface area contributed by atoms with Crippen molar-refractivity contribution in [3.8, 4) is 0 Å². The van der Waals surface area contributed by atoms with Gasteiger partial charge in [0, 0.05) is 9.35 Å². The molecule has 78 valence electrons. The number of thiophene rings is 1. The van der Waals surface area contributed by atoms with Gasteiger partial charge in [-0.3, -0.25) is 0 Å². The molecular formula is C11H7Br2ClS. The maximum absolute atomic E-state index is 6.41. The first-order valence-electron chi connectivity index (χ1n) is 4.32. The molecule has 0 aliphatic rings. The quantitative estimate of drug-likeness (QED) is 0.607. The second-order valence-corrected chi connectivity index (χ2v) is 6.81. The molecule has 2 rings (SSSR count). The molecule has 1 aromatic carbocycles. The van der Waals surface area contributed by atoms with Crippen molar-refractivity contribution in [3.05, 3.63) is 55.1 Å².